The number of aromatic nitrogens is 1. The first-order valence-electron chi connectivity index (χ1n) is 7.68. The number of carbonyl (C=O) groups excluding carboxylic acids is 2. The van der Waals surface area contributed by atoms with Crippen molar-refractivity contribution in [2.45, 2.75) is 6.92 Å². The van der Waals surface area contributed by atoms with E-state index in [1.165, 1.54) is 4.57 Å². The number of nitrogens with one attached hydrogen (secondary N) is 1. The van der Waals surface area contributed by atoms with Crippen molar-refractivity contribution in [1.82, 2.24) is 4.57 Å². The van der Waals surface area contributed by atoms with Crippen molar-refractivity contribution in [3.05, 3.63) is 64.1 Å². The maximum atomic E-state index is 12.5. The quantitative estimate of drug-likeness (QED) is 0.737. The normalized spacial score (nSPS) is 10.6. The zero-order valence-electron chi connectivity index (χ0n) is 13.7. The Morgan fingerprint density at radius 3 is 2.72 bits per heavy atom. The second-order valence-corrected chi connectivity index (χ2v) is 5.33. The van der Waals surface area contributed by atoms with Gasteiger partial charge in [0.1, 0.15) is 0 Å². The van der Waals surface area contributed by atoms with Crippen LogP contribution in [0.5, 0.6) is 0 Å². The molecule has 1 N–H and O–H groups in total. The fraction of sp³-hybridized carbons (Fsp3) is 0.167. The highest BCUT2D eigenvalue weighted by molar-refractivity contribution is 6.09. The molecular weight excluding hydrogens is 324 g/mol. The lowest BCUT2D eigenvalue weighted by Gasteiger charge is -2.10. The zero-order chi connectivity index (χ0) is 18.0. The molecule has 3 rings (SSSR count). The molecule has 25 heavy (non-hydrogen) atoms. The predicted molar refractivity (Wildman–Crippen MR) is 91.8 cm³/mol. The van der Waals surface area contributed by atoms with E-state index >= 15 is 0 Å². The molecule has 0 aliphatic rings. The van der Waals surface area contributed by atoms with Crippen molar-refractivity contribution in [3.8, 4) is 0 Å². The van der Waals surface area contributed by atoms with Gasteiger partial charge in [0.25, 0.3) is 5.91 Å². The molecule has 0 atom stereocenters. The number of oxazole rings is 1. The summed E-state index contributed by atoms with van der Waals surface area (Å²) in [5.41, 5.74) is 1.87. The molecule has 3 aromatic rings. The van der Waals surface area contributed by atoms with Gasteiger partial charge in [-0.15, -0.1) is 0 Å². The van der Waals surface area contributed by atoms with Crippen LogP contribution in [-0.4, -0.2) is 23.1 Å². The number of carbonyl (C=O) groups is 2. The summed E-state index contributed by atoms with van der Waals surface area (Å²) in [6, 6.07) is 11.3. The van der Waals surface area contributed by atoms with Gasteiger partial charge in [-0.25, -0.2) is 9.59 Å². The van der Waals surface area contributed by atoms with Gasteiger partial charge in [-0.3, -0.25) is 9.36 Å². The third kappa shape index (κ3) is 3.16. The number of nitrogens with zero attached hydrogens (tertiary/aromatic N) is 1. The Morgan fingerprint density at radius 1 is 1.20 bits per heavy atom. The molecule has 1 aromatic heterocycles. The van der Waals surface area contributed by atoms with Gasteiger partial charge in [0.05, 0.1) is 23.4 Å². The second kappa shape index (κ2) is 6.64. The van der Waals surface area contributed by atoms with Gasteiger partial charge in [0.15, 0.2) is 5.58 Å². The molecule has 0 spiro atoms. The molecule has 0 bridgehead atoms. The van der Waals surface area contributed by atoms with Crippen LogP contribution in [0.1, 0.15) is 27.6 Å². The molecule has 0 fully saturated rings. The first-order valence-corrected chi connectivity index (χ1v) is 7.68. The molecule has 7 nitrogen and oxygen atoms in total. The van der Waals surface area contributed by atoms with E-state index in [4.69, 9.17) is 9.15 Å². The van der Waals surface area contributed by atoms with Crippen molar-refractivity contribution < 1.29 is 18.7 Å². The molecule has 2 aromatic carbocycles. The molecule has 128 valence electrons. The second-order valence-electron chi connectivity index (χ2n) is 5.33. The number of hydrogen-bond donors (Lipinski definition) is 1. The zero-order valence-corrected chi connectivity index (χ0v) is 13.7. The summed E-state index contributed by atoms with van der Waals surface area (Å²) in [5, 5.41) is 2.70. The van der Waals surface area contributed by atoms with Crippen molar-refractivity contribution in [3.63, 3.8) is 0 Å². The van der Waals surface area contributed by atoms with Crippen LogP contribution in [0.3, 0.4) is 0 Å². The van der Waals surface area contributed by atoms with Gasteiger partial charge in [0, 0.05) is 12.6 Å². The highest BCUT2D eigenvalue weighted by Crippen LogP contribution is 2.19. The lowest BCUT2D eigenvalue weighted by molar-refractivity contribution is 0.0527. The number of amides is 1. The van der Waals surface area contributed by atoms with Crippen LogP contribution in [0, 0.1) is 0 Å². The van der Waals surface area contributed by atoms with Crippen molar-refractivity contribution >= 4 is 28.7 Å². The Hall–Kier alpha value is -3.35. The average Bonchev–Trinajstić information content (AvgIpc) is 2.89. The van der Waals surface area contributed by atoms with E-state index in [1.807, 2.05) is 0 Å². The molecule has 0 aliphatic heterocycles. The van der Waals surface area contributed by atoms with Crippen LogP contribution in [0.4, 0.5) is 5.69 Å². The minimum absolute atomic E-state index is 0.242. The lowest BCUT2D eigenvalue weighted by Crippen LogP contribution is -2.16. The van der Waals surface area contributed by atoms with Crippen molar-refractivity contribution in [2.24, 2.45) is 7.05 Å². The minimum atomic E-state index is -0.508. The largest absolute Gasteiger partial charge is 0.462 e. The standard InChI is InChI=1S/C18H16N2O5/c1-3-24-17(22)12-6-4-5-7-13(12)19-16(21)11-8-9-15-14(10-11)20(2)18(23)25-15/h4-10H,3H2,1-2H3,(H,19,21). The highest BCUT2D eigenvalue weighted by Gasteiger charge is 2.16. The van der Waals surface area contributed by atoms with Crippen LogP contribution in [-0.2, 0) is 11.8 Å². The molecule has 7 heteroatoms. The van der Waals surface area contributed by atoms with E-state index in [1.54, 1.807) is 56.4 Å². The molecule has 0 saturated heterocycles. The maximum Gasteiger partial charge on any atom is 0.419 e. The van der Waals surface area contributed by atoms with E-state index in [9.17, 15) is 14.4 Å². The monoisotopic (exact) mass is 340 g/mol. The SMILES string of the molecule is CCOC(=O)c1ccccc1NC(=O)c1ccc2oc(=O)n(C)c2c1. The Morgan fingerprint density at radius 2 is 1.96 bits per heavy atom. The summed E-state index contributed by atoms with van der Waals surface area (Å²) in [6.07, 6.45) is 0. The molecule has 1 heterocycles. The Bertz CT molecular complexity index is 1020. The van der Waals surface area contributed by atoms with E-state index in [-0.39, 0.29) is 12.2 Å². The van der Waals surface area contributed by atoms with Gasteiger partial charge < -0.3 is 14.5 Å². The number of anilines is 1. The van der Waals surface area contributed by atoms with Gasteiger partial charge in [0.2, 0.25) is 0 Å². The summed E-state index contributed by atoms with van der Waals surface area (Å²) in [4.78, 5) is 36.0. The van der Waals surface area contributed by atoms with Gasteiger partial charge in [-0.2, -0.15) is 0 Å². The van der Waals surface area contributed by atoms with Gasteiger partial charge in [-0.05, 0) is 37.3 Å². The summed E-state index contributed by atoms with van der Waals surface area (Å²) < 4.78 is 11.4. The van der Waals surface area contributed by atoms with Crippen molar-refractivity contribution in [1.29, 1.82) is 0 Å². The summed E-state index contributed by atoms with van der Waals surface area (Å²) in [5.74, 6) is -1.42. The van der Waals surface area contributed by atoms with Gasteiger partial charge in [-0.1, -0.05) is 12.1 Å². The first kappa shape index (κ1) is 16.5. The van der Waals surface area contributed by atoms with E-state index in [2.05, 4.69) is 5.32 Å². The number of ether oxygens (including phenoxy) is 1. The predicted octanol–water partition coefficient (Wildman–Crippen LogP) is 2.56. The van der Waals surface area contributed by atoms with Crippen LogP contribution in [0.2, 0.25) is 0 Å². The van der Waals surface area contributed by atoms with E-state index < -0.39 is 17.6 Å². The van der Waals surface area contributed by atoms with E-state index in [0.717, 1.165) is 0 Å². The fourth-order valence-electron chi connectivity index (χ4n) is 2.44. The highest BCUT2D eigenvalue weighted by atomic mass is 16.5. The number of esters is 1. The maximum absolute atomic E-state index is 12.5. The summed E-state index contributed by atoms with van der Waals surface area (Å²) in [6.45, 7) is 1.95. The Labute approximate surface area is 142 Å². The number of fused-ring (bicyclic) bond motifs is 1. The molecule has 0 unspecified atom stereocenters. The topological polar surface area (TPSA) is 90.5 Å². The van der Waals surface area contributed by atoms with Crippen LogP contribution in [0.15, 0.2) is 51.7 Å². The molecule has 0 saturated carbocycles. The number of benzene rings is 2. The lowest BCUT2D eigenvalue weighted by atomic mass is 10.1. The average molecular weight is 340 g/mol. The van der Waals surface area contributed by atoms with Crippen LogP contribution >= 0.6 is 0 Å². The number of rotatable bonds is 4. The number of hydrogen-bond acceptors (Lipinski definition) is 5. The fourth-order valence-corrected chi connectivity index (χ4v) is 2.44. The van der Waals surface area contributed by atoms with Gasteiger partial charge >= 0.3 is 11.7 Å². The molecule has 0 radical (unpaired) electrons. The minimum Gasteiger partial charge on any atom is -0.462 e. The van der Waals surface area contributed by atoms with Crippen molar-refractivity contribution in [2.75, 3.05) is 11.9 Å². The number of para-hydroxylation sites is 1. The van der Waals surface area contributed by atoms with E-state index in [0.29, 0.717) is 22.4 Å². The number of aryl methyl sites for hydroxylation is 1. The Balaban J connectivity index is 1.92. The third-order valence-corrected chi connectivity index (χ3v) is 3.72. The smallest absolute Gasteiger partial charge is 0.419 e. The molecule has 0 aliphatic carbocycles. The van der Waals surface area contributed by atoms with Crippen LogP contribution in [0.25, 0.3) is 11.1 Å². The third-order valence-electron chi connectivity index (χ3n) is 3.72. The first-order chi connectivity index (χ1) is 12.0. The summed E-state index contributed by atoms with van der Waals surface area (Å²) >= 11 is 0. The summed E-state index contributed by atoms with van der Waals surface area (Å²) in [7, 11) is 1.56. The van der Waals surface area contributed by atoms with Crippen LogP contribution < -0.4 is 11.1 Å². The molecule has 1 amide bonds. The Kier molecular flexibility index (Phi) is 4.38. The molecular formula is C18H16N2O5.